The van der Waals surface area contributed by atoms with E-state index in [9.17, 15) is 5.26 Å². The van der Waals surface area contributed by atoms with Gasteiger partial charge < -0.3 is 4.43 Å². The monoisotopic (exact) mass is 321 g/mol. The lowest BCUT2D eigenvalue weighted by Gasteiger charge is -2.41. The molecule has 2 nitrogen and oxygen atoms in total. The molecule has 0 bridgehead atoms. The van der Waals surface area contributed by atoms with E-state index in [0.717, 1.165) is 18.4 Å². The van der Waals surface area contributed by atoms with Gasteiger partial charge in [0.1, 0.15) is 6.07 Å². The zero-order valence-corrected chi connectivity index (χ0v) is 15.0. The van der Waals surface area contributed by atoms with Gasteiger partial charge in [-0.05, 0) is 43.6 Å². The topological polar surface area (TPSA) is 33.0 Å². The summed E-state index contributed by atoms with van der Waals surface area (Å²) in [6.45, 7) is 6.45. The standard InChI is InChI=1S/C20H23NOSi/c1-23(2,3)22-20(15-21)14-13-17(16-9-5-4-6-10-16)18-11-7-8-12-19(18)20/h4-12,17H,13-14H2,1-3H3. The highest BCUT2D eigenvalue weighted by Gasteiger charge is 2.44. The first-order chi connectivity index (χ1) is 11.0. The molecule has 0 spiro atoms. The Morgan fingerprint density at radius 2 is 1.70 bits per heavy atom. The highest BCUT2D eigenvalue weighted by molar-refractivity contribution is 6.69. The van der Waals surface area contributed by atoms with Crippen molar-refractivity contribution in [1.29, 1.82) is 5.26 Å². The maximum atomic E-state index is 9.96. The molecule has 118 valence electrons. The van der Waals surface area contributed by atoms with Crippen molar-refractivity contribution in [2.24, 2.45) is 0 Å². The minimum absolute atomic E-state index is 0.346. The van der Waals surface area contributed by atoms with Gasteiger partial charge in [-0.25, -0.2) is 0 Å². The summed E-state index contributed by atoms with van der Waals surface area (Å²) < 4.78 is 6.40. The lowest BCUT2D eigenvalue weighted by molar-refractivity contribution is 0.0955. The third-order valence-electron chi connectivity index (χ3n) is 4.42. The van der Waals surface area contributed by atoms with Gasteiger partial charge in [0.05, 0.1) is 0 Å². The molecule has 2 aromatic rings. The van der Waals surface area contributed by atoms with E-state index in [0.29, 0.717) is 5.92 Å². The van der Waals surface area contributed by atoms with E-state index in [4.69, 9.17) is 4.43 Å². The molecule has 1 aliphatic carbocycles. The average molecular weight is 321 g/mol. The van der Waals surface area contributed by atoms with Crippen LogP contribution in [0.4, 0.5) is 0 Å². The van der Waals surface area contributed by atoms with Crippen molar-refractivity contribution in [3.05, 3.63) is 71.3 Å². The first-order valence-electron chi connectivity index (χ1n) is 8.21. The van der Waals surface area contributed by atoms with Gasteiger partial charge in [0.2, 0.25) is 0 Å². The average Bonchev–Trinajstić information content (AvgIpc) is 2.54. The maximum absolute atomic E-state index is 9.96. The molecule has 2 aromatic carbocycles. The van der Waals surface area contributed by atoms with Gasteiger partial charge in [-0.1, -0.05) is 54.6 Å². The molecule has 2 unspecified atom stereocenters. The summed E-state index contributed by atoms with van der Waals surface area (Å²) in [7, 11) is -1.83. The summed E-state index contributed by atoms with van der Waals surface area (Å²) in [5, 5.41) is 9.96. The summed E-state index contributed by atoms with van der Waals surface area (Å²) in [5.41, 5.74) is 2.83. The van der Waals surface area contributed by atoms with E-state index in [1.54, 1.807) is 0 Å². The fourth-order valence-corrected chi connectivity index (χ4v) is 4.91. The molecule has 3 rings (SSSR count). The molecule has 0 aliphatic heterocycles. The molecular weight excluding hydrogens is 298 g/mol. The van der Waals surface area contributed by atoms with Crippen LogP contribution < -0.4 is 0 Å². The Kier molecular flexibility index (Phi) is 4.14. The van der Waals surface area contributed by atoms with Gasteiger partial charge in [0.15, 0.2) is 13.9 Å². The van der Waals surface area contributed by atoms with Crippen LogP contribution in [0.15, 0.2) is 54.6 Å². The predicted molar refractivity (Wildman–Crippen MR) is 95.7 cm³/mol. The van der Waals surface area contributed by atoms with Crippen molar-refractivity contribution in [2.75, 3.05) is 0 Å². The molecule has 0 radical (unpaired) electrons. The minimum Gasteiger partial charge on any atom is -0.396 e. The van der Waals surface area contributed by atoms with Gasteiger partial charge in [-0.3, -0.25) is 0 Å². The Balaban J connectivity index is 2.10. The molecule has 0 aromatic heterocycles. The van der Waals surface area contributed by atoms with Crippen LogP contribution in [0, 0.1) is 11.3 Å². The highest BCUT2D eigenvalue weighted by Crippen LogP contribution is 2.47. The quantitative estimate of drug-likeness (QED) is 0.729. The van der Waals surface area contributed by atoms with Gasteiger partial charge in [-0.2, -0.15) is 5.26 Å². The van der Waals surface area contributed by atoms with Crippen molar-refractivity contribution in [3.8, 4) is 6.07 Å². The van der Waals surface area contributed by atoms with Crippen molar-refractivity contribution in [3.63, 3.8) is 0 Å². The number of fused-ring (bicyclic) bond motifs is 1. The largest absolute Gasteiger partial charge is 0.396 e. The van der Waals surface area contributed by atoms with Gasteiger partial charge in [0.25, 0.3) is 0 Å². The zero-order chi connectivity index (χ0) is 16.5. The smallest absolute Gasteiger partial charge is 0.186 e. The Bertz CT molecular complexity index is 729. The fourth-order valence-electron chi connectivity index (χ4n) is 3.61. The van der Waals surface area contributed by atoms with Crippen LogP contribution in [-0.4, -0.2) is 8.32 Å². The number of hydrogen-bond acceptors (Lipinski definition) is 2. The van der Waals surface area contributed by atoms with Crippen LogP contribution in [0.25, 0.3) is 0 Å². The van der Waals surface area contributed by atoms with Gasteiger partial charge in [-0.15, -0.1) is 0 Å². The second-order valence-corrected chi connectivity index (χ2v) is 11.7. The lowest BCUT2D eigenvalue weighted by atomic mass is 9.72. The zero-order valence-electron chi connectivity index (χ0n) is 14.0. The van der Waals surface area contributed by atoms with Gasteiger partial charge >= 0.3 is 0 Å². The van der Waals surface area contributed by atoms with E-state index >= 15 is 0 Å². The Hall–Kier alpha value is -1.89. The maximum Gasteiger partial charge on any atom is 0.186 e. The summed E-state index contributed by atoms with van der Waals surface area (Å²) >= 11 is 0. The van der Waals surface area contributed by atoms with Crippen molar-refractivity contribution in [2.45, 2.75) is 44.0 Å². The number of benzene rings is 2. The molecule has 0 fully saturated rings. The summed E-state index contributed by atoms with van der Waals surface area (Å²) in [5.74, 6) is 0.346. The molecule has 3 heteroatoms. The molecular formula is C20H23NOSi. The molecule has 0 amide bonds. The predicted octanol–water partition coefficient (Wildman–Crippen LogP) is 5.18. The number of rotatable bonds is 3. The summed E-state index contributed by atoms with van der Waals surface area (Å²) in [4.78, 5) is 0. The van der Waals surface area contributed by atoms with Crippen molar-refractivity contribution in [1.82, 2.24) is 0 Å². The Morgan fingerprint density at radius 1 is 1.04 bits per heavy atom. The molecule has 23 heavy (non-hydrogen) atoms. The Morgan fingerprint density at radius 3 is 2.35 bits per heavy atom. The molecule has 0 N–H and O–H groups in total. The van der Waals surface area contributed by atoms with E-state index < -0.39 is 13.9 Å². The van der Waals surface area contributed by atoms with Gasteiger partial charge in [0, 0.05) is 11.5 Å². The third-order valence-corrected chi connectivity index (χ3v) is 5.38. The first-order valence-corrected chi connectivity index (χ1v) is 11.6. The van der Waals surface area contributed by atoms with E-state index in [-0.39, 0.29) is 0 Å². The van der Waals surface area contributed by atoms with E-state index in [1.165, 1.54) is 11.1 Å². The van der Waals surface area contributed by atoms with E-state index in [1.807, 2.05) is 12.1 Å². The number of nitriles is 1. The number of hydrogen-bond donors (Lipinski definition) is 0. The third kappa shape index (κ3) is 3.10. The second-order valence-electron chi connectivity index (χ2n) is 7.24. The van der Waals surface area contributed by atoms with Crippen molar-refractivity contribution >= 4 is 8.32 Å². The minimum atomic E-state index is -1.83. The highest BCUT2D eigenvalue weighted by atomic mass is 28.4. The van der Waals surface area contributed by atoms with Crippen LogP contribution in [0.3, 0.4) is 0 Å². The molecule has 1 aliphatic rings. The van der Waals surface area contributed by atoms with Crippen LogP contribution >= 0.6 is 0 Å². The molecule has 2 atom stereocenters. The number of nitrogens with zero attached hydrogens (tertiary/aromatic N) is 1. The van der Waals surface area contributed by atoms with Crippen LogP contribution in [0.2, 0.25) is 19.6 Å². The molecule has 0 saturated heterocycles. The first kappa shape index (κ1) is 16.0. The normalized spacial score (nSPS) is 23.8. The van der Waals surface area contributed by atoms with Crippen LogP contribution in [-0.2, 0) is 10.0 Å². The fraction of sp³-hybridized carbons (Fsp3) is 0.350. The lowest BCUT2D eigenvalue weighted by Crippen LogP contribution is -2.42. The Labute approximate surface area is 139 Å². The molecule has 0 saturated carbocycles. The van der Waals surface area contributed by atoms with E-state index in [2.05, 4.69) is 68.2 Å². The summed E-state index contributed by atoms with van der Waals surface area (Å²) in [6, 6.07) is 21.4. The summed E-state index contributed by atoms with van der Waals surface area (Å²) in [6.07, 6.45) is 1.70. The second kappa shape index (κ2) is 5.96. The van der Waals surface area contributed by atoms with Crippen LogP contribution in [0.5, 0.6) is 0 Å². The molecule has 0 heterocycles. The SMILES string of the molecule is C[Si](C)(C)OC1(C#N)CCC(c2ccccc2)c2ccccc21. The van der Waals surface area contributed by atoms with Crippen LogP contribution in [0.1, 0.15) is 35.4 Å². The van der Waals surface area contributed by atoms with Crippen molar-refractivity contribution < 1.29 is 4.43 Å².